The second-order valence-corrected chi connectivity index (χ2v) is 6.68. The van der Waals surface area contributed by atoms with Gasteiger partial charge in [-0.1, -0.05) is 12.1 Å². The molecule has 0 spiro atoms. The lowest BCUT2D eigenvalue weighted by Gasteiger charge is -2.32. The van der Waals surface area contributed by atoms with Gasteiger partial charge in [-0.3, -0.25) is 4.90 Å². The maximum absolute atomic E-state index is 10.3. The lowest BCUT2D eigenvalue weighted by molar-refractivity contribution is 0.0195. The van der Waals surface area contributed by atoms with E-state index in [2.05, 4.69) is 22.0 Å². The number of hydrogen-bond acceptors (Lipinski definition) is 5. The molecule has 0 bridgehead atoms. The third-order valence-electron chi connectivity index (χ3n) is 5.06. The average Bonchev–Trinajstić information content (AvgIpc) is 3.17. The van der Waals surface area contributed by atoms with E-state index in [1.54, 1.807) is 13.2 Å². The van der Waals surface area contributed by atoms with Crippen LogP contribution in [-0.2, 0) is 11.3 Å². The van der Waals surface area contributed by atoms with Gasteiger partial charge in [-0.15, -0.1) is 0 Å². The maximum atomic E-state index is 10.3. The number of nitrogens with zero attached hydrogens (tertiary/aromatic N) is 3. The highest BCUT2D eigenvalue weighted by atomic mass is 16.5. The van der Waals surface area contributed by atoms with Gasteiger partial charge >= 0.3 is 0 Å². The summed E-state index contributed by atoms with van der Waals surface area (Å²) in [5, 5.41) is 13.6. The van der Waals surface area contributed by atoms with Crippen molar-refractivity contribution in [1.29, 1.82) is 0 Å². The normalized spacial score (nSPS) is 21.8. The summed E-state index contributed by atoms with van der Waals surface area (Å²) >= 11 is 0. The molecule has 0 aromatic heterocycles. The standard InChI is InChI=1S/C19H30N4O3/c1-3-20-19(21-13-15-5-4-6-17(25-2)18(15)24)23-8-7-16(14-23)22-9-11-26-12-10-22/h4-6,16,24H,3,7-14H2,1-2H3,(H,20,21). The molecule has 1 unspecified atom stereocenters. The van der Waals surface area contributed by atoms with Crippen LogP contribution in [0.15, 0.2) is 23.2 Å². The molecule has 1 atom stereocenters. The van der Waals surface area contributed by atoms with Crippen molar-refractivity contribution in [1.82, 2.24) is 15.1 Å². The Morgan fingerprint density at radius 1 is 1.35 bits per heavy atom. The van der Waals surface area contributed by atoms with Gasteiger partial charge in [0.15, 0.2) is 17.5 Å². The van der Waals surface area contributed by atoms with Gasteiger partial charge in [0.25, 0.3) is 0 Å². The van der Waals surface area contributed by atoms with Gasteiger partial charge in [0, 0.05) is 44.3 Å². The van der Waals surface area contributed by atoms with Gasteiger partial charge in [-0.2, -0.15) is 0 Å². The first kappa shape index (κ1) is 18.8. The second-order valence-electron chi connectivity index (χ2n) is 6.68. The number of hydrogen-bond donors (Lipinski definition) is 2. The molecule has 2 heterocycles. The monoisotopic (exact) mass is 362 g/mol. The van der Waals surface area contributed by atoms with Gasteiger partial charge in [-0.05, 0) is 19.4 Å². The number of aromatic hydroxyl groups is 1. The molecule has 3 rings (SSSR count). The third kappa shape index (κ3) is 4.40. The Morgan fingerprint density at radius 3 is 2.88 bits per heavy atom. The molecule has 0 saturated carbocycles. The molecule has 1 aromatic carbocycles. The first-order valence-electron chi connectivity index (χ1n) is 9.42. The Bertz CT molecular complexity index is 617. The molecule has 7 heteroatoms. The number of phenols is 1. The van der Waals surface area contributed by atoms with Crippen molar-refractivity contribution >= 4 is 5.96 Å². The predicted octanol–water partition coefficient (Wildman–Crippen LogP) is 1.27. The maximum Gasteiger partial charge on any atom is 0.194 e. The smallest absolute Gasteiger partial charge is 0.194 e. The van der Waals surface area contributed by atoms with Crippen LogP contribution in [0.2, 0.25) is 0 Å². The van der Waals surface area contributed by atoms with Crippen molar-refractivity contribution in [3.63, 3.8) is 0 Å². The quantitative estimate of drug-likeness (QED) is 0.607. The van der Waals surface area contributed by atoms with Crippen LogP contribution in [-0.4, -0.2) is 80.0 Å². The van der Waals surface area contributed by atoms with Gasteiger partial charge in [0.1, 0.15) is 0 Å². The van der Waals surface area contributed by atoms with Crippen molar-refractivity contribution in [3.05, 3.63) is 23.8 Å². The number of methoxy groups -OCH3 is 1. The van der Waals surface area contributed by atoms with Crippen LogP contribution in [0.3, 0.4) is 0 Å². The van der Waals surface area contributed by atoms with Crippen LogP contribution in [0.25, 0.3) is 0 Å². The van der Waals surface area contributed by atoms with Gasteiger partial charge in [0.2, 0.25) is 0 Å². The number of nitrogens with one attached hydrogen (secondary N) is 1. The number of benzene rings is 1. The Morgan fingerprint density at radius 2 is 2.15 bits per heavy atom. The molecule has 0 radical (unpaired) electrons. The molecule has 0 aliphatic carbocycles. The molecular weight excluding hydrogens is 332 g/mol. The number of morpholine rings is 1. The molecule has 26 heavy (non-hydrogen) atoms. The number of aliphatic imine (C=N–C) groups is 1. The van der Waals surface area contributed by atoms with E-state index in [9.17, 15) is 5.11 Å². The van der Waals surface area contributed by atoms with Crippen LogP contribution in [0.4, 0.5) is 0 Å². The number of likely N-dealkylation sites (tertiary alicyclic amines) is 1. The van der Waals surface area contributed by atoms with E-state index in [1.807, 2.05) is 12.1 Å². The summed E-state index contributed by atoms with van der Waals surface area (Å²) in [7, 11) is 1.56. The fraction of sp³-hybridized carbons (Fsp3) is 0.632. The summed E-state index contributed by atoms with van der Waals surface area (Å²) in [4.78, 5) is 9.60. The minimum Gasteiger partial charge on any atom is -0.504 e. The van der Waals surface area contributed by atoms with Crippen molar-refractivity contribution < 1.29 is 14.6 Å². The van der Waals surface area contributed by atoms with E-state index < -0.39 is 0 Å². The Kier molecular flexibility index (Phi) is 6.57. The summed E-state index contributed by atoms with van der Waals surface area (Å²) < 4.78 is 10.6. The van der Waals surface area contributed by atoms with Gasteiger partial charge in [0.05, 0.1) is 26.9 Å². The first-order valence-corrected chi connectivity index (χ1v) is 9.42. The number of ether oxygens (including phenoxy) is 2. The fourth-order valence-corrected chi connectivity index (χ4v) is 3.62. The van der Waals surface area contributed by atoms with Crippen LogP contribution < -0.4 is 10.1 Å². The van der Waals surface area contributed by atoms with Crippen molar-refractivity contribution in [2.75, 3.05) is 53.0 Å². The third-order valence-corrected chi connectivity index (χ3v) is 5.06. The zero-order chi connectivity index (χ0) is 18.4. The SMILES string of the molecule is CCNC(=NCc1cccc(OC)c1O)N1CCC(N2CCOCC2)C1. The number of guanidine groups is 1. The largest absolute Gasteiger partial charge is 0.504 e. The molecule has 2 aliphatic rings. The Balaban J connectivity index is 1.66. The van der Waals surface area contributed by atoms with E-state index in [1.165, 1.54) is 0 Å². The average molecular weight is 362 g/mol. The van der Waals surface area contributed by atoms with Crippen LogP contribution >= 0.6 is 0 Å². The summed E-state index contributed by atoms with van der Waals surface area (Å²) in [6, 6.07) is 6.07. The van der Waals surface area contributed by atoms with E-state index in [-0.39, 0.29) is 5.75 Å². The lowest BCUT2D eigenvalue weighted by atomic mass is 10.2. The molecule has 7 nitrogen and oxygen atoms in total. The molecule has 2 fully saturated rings. The Labute approximate surface area is 155 Å². The van der Waals surface area contributed by atoms with Crippen molar-refractivity contribution in [2.24, 2.45) is 4.99 Å². The number of rotatable bonds is 5. The number of para-hydroxylation sites is 1. The Hall–Kier alpha value is -1.99. The molecule has 144 valence electrons. The van der Waals surface area contributed by atoms with Crippen LogP contribution in [0, 0.1) is 0 Å². The number of phenolic OH excluding ortho intramolecular Hbond substituents is 1. The minimum atomic E-state index is 0.169. The predicted molar refractivity (Wildman–Crippen MR) is 102 cm³/mol. The van der Waals surface area contributed by atoms with E-state index in [4.69, 9.17) is 14.5 Å². The molecule has 1 aromatic rings. The van der Waals surface area contributed by atoms with Crippen molar-refractivity contribution in [2.45, 2.75) is 25.9 Å². The molecule has 2 saturated heterocycles. The highest BCUT2D eigenvalue weighted by molar-refractivity contribution is 5.80. The first-order chi connectivity index (χ1) is 12.7. The van der Waals surface area contributed by atoms with E-state index in [0.717, 1.165) is 63.9 Å². The zero-order valence-electron chi connectivity index (χ0n) is 15.8. The molecule has 2 N–H and O–H groups in total. The van der Waals surface area contributed by atoms with E-state index >= 15 is 0 Å². The highest BCUT2D eigenvalue weighted by Crippen LogP contribution is 2.29. The highest BCUT2D eigenvalue weighted by Gasteiger charge is 2.30. The molecular formula is C19H30N4O3. The van der Waals surface area contributed by atoms with Gasteiger partial charge in [-0.25, -0.2) is 4.99 Å². The minimum absolute atomic E-state index is 0.169. The van der Waals surface area contributed by atoms with Crippen LogP contribution in [0.1, 0.15) is 18.9 Å². The molecule has 2 aliphatic heterocycles. The summed E-state index contributed by atoms with van der Waals surface area (Å²) in [5.74, 6) is 1.56. The van der Waals surface area contributed by atoms with Gasteiger partial charge < -0.3 is 24.8 Å². The van der Waals surface area contributed by atoms with Crippen molar-refractivity contribution in [3.8, 4) is 11.5 Å². The second kappa shape index (κ2) is 9.09. The summed E-state index contributed by atoms with van der Waals surface area (Å²) in [6.07, 6.45) is 1.15. The topological polar surface area (TPSA) is 69.6 Å². The molecule has 0 amide bonds. The van der Waals surface area contributed by atoms with E-state index in [0.29, 0.717) is 18.3 Å². The summed E-state index contributed by atoms with van der Waals surface area (Å²) in [5.41, 5.74) is 0.767. The van der Waals surface area contributed by atoms with Crippen LogP contribution in [0.5, 0.6) is 11.5 Å². The zero-order valence-corrected chi connectivity index (χ0v) is 15.8. The lowest BCUT2D eigenvalue weighted by Crippen LogP contribution is -2.46. The summed E-state index contributed by atoms with van der Waals surface area (Å²) in [6.45, 7) is 9.00. The fourth-order valence-electron chi connectivity index (χ4n) is 3.62.